The van der Waals surface area contributed by atoms with Gasteiger partial charge in [0.25, 0.3) is 0 Å². The number of amides is 2. The molecule has 154 valence electrons. The van der Waals surface area contributed by atoms with Crippen molar-refractivity contribution in [3.05, 3.63) is 59.7 Å². The molecular weight excluding hydrogens is 366 g/mol. The van der Waals surface area contributed by atoms with Crippen LogP contribution in [-0.2, 0) is 16.0 Å². The summed E-state index contributed by atoms with van der Waals surface area (Å²) in [5.74, 6) is 0.378. The van der Waals surface area contributed by atoms with Crippen molar-refractivity contribution >= 4 is 17.5 Å². The molecule has 0 aromatic heterocycles. The molecule has 0 saturated carbocycles. The number of para-hydroxylation sites is 2. The maximum Gasteiger partial charge on any atom is 0.238 e. The molecule has 2 amide bonds. The van der Waals surface area contributed by atoms with Gasteiger partial charge in [-0.05, 0) is 49.1 Å². The van der Waals surface area contributed by atoms with Gasteiger partial charge in [-0.2, -0.15) is 0 Å². The van der Waals surface area contributed by atoms with E-state index in [1.807, 2.05) is 36.1 Å². The third kappa shape index (κ3) is 5.57. The van der Waals surface area contributed by atoms with E-state index in [0.717, 1.165) is 19.3 Å². The lowest BCUT2D eigenvalue weighted by molar-refractivity contribution is -0.124. The molecule has 0 radical (unpaired) electrons. The molecule has 0 fully saturated rings. The van der Waals surface area contributed by atoms with Crippen molar-refractivity contribution < 1.29 is 14.3 Å². The minimum absolute atomic E-state index is 0.0496. The van der Waals surface area contributed by atoms with Crippen molar-refractivity contribution in [2.45, 2.75) is 32.2 Å². The number of rotatable bonds is 8. The summed E-state index contributed by atoms with van der Waals surface area (Å²) in [6, 6.07) is 15.6. The Balaban J connectivity index is 1.54. The van der Waals surface area contributed by atoms with E-state index in [0.29, 0.717) is 18.0 Å². The van der Waals surface area contributed by atoms with Gasteiger partial charge in [0.2, 0.25) is 11.8 Å². The van der Waals surface area contributed by atoms with E-state index in [2.05, 4.69) is 22.8 Å². The van der Waals surface area contributed by atoms with E-state index in [4.69, 9.17) is 4.74 Å². The molecule has 1 atom stereocenters. The maximum absolute atomic E-state index is 12.6. The van der Waals surface area contributed by atoms with Crippen LogP contribution < -0.4 is 15.4 Å². The van der Waals surface area contributed by atoms with Gasteiger partial charge in [0.05, 0.1) is 31.9 Å². The molecule has 1 aliphatic carbocycles. The molecule has 3 rings (SSSR count). The molecular formula is C23H29N3O3. The maximum atomic E-state index is 12.6. The van der Waals surface area contributed by atoms with Gasteiger partial charge in [0, 0.05) is 0 Å². The summed E-state index contributed by atoms with van der Waals surface area (Å²) < 4.78 is 5.26. The quantitative estimate of drug-likeness (QED) is 0.720. The molecule has 0 saturated heterocycles. The number of fused-ring (bicyclic) bond motifs is 1. The molecule has 29 heavy (non-hydrogen) atoms. The van der Waals surface area contributed by atoms with E-state index in [1.54, 1.807) is 19.2 Å². The number of carbonyl (C=O) groups is 2. The van der Waals surface area contributed by atoms with Gasteiger partial charge in [0.15, 0.2) is 0 Å². The van der Waals surface area contributed by atoms with Crippen LogP contribution in [0.15, 0.2) is 48.5 Å². The van der Waals surface area contributed by atoms with Gasteiger partial charge in [-0.1, -0.05) is 43.3 Å². The Morgan fingerprint density at radius 3 is 2.59 bits per heavy atom. The van der Waals surface area contributed by atoms with Gasteiger partial charge in [-0.15, -0.1) is 0 Å². The monoisotopic (exact) mass is 395 g/mol. The molecule has 0 spiro atoms. The predicted octanol–water partition coefficient (Wildman–Crippen LogP) is 3.15. The zero-order valence-electron chi connectivity index (χ0n) is 17.1. The number of nitrogens with zero attached hydrogens (tertiary/aromatic N) is 1. The number of hydrogen-bond acceptors (Lipinski definition) is 4. The fourth-order valence-corrected chi connectivity index (χ4v) is 3.77. The summed E-state index contributed by atoms with van der Waals surface area (Å²) in [7, 11) is 1.57. The average molecular weight is 396 g/mol. The minimum Gasteiger partial charge on any atom is -0.495 e. The number of anilines is 1. The third-order valence-corrected chi connectivity index (χ3v) is 5.27. The van der Waals surface area contributed by atoms with Crippen LogP contribution in [-0.4, -0.2) is 43.5 Å². The normalized spacial score (nSPS) is 15.5. The van der Waals surface area contributed by atoms with Gasteiger partial charge in [0.1, 0.15) is 5.75 Å². The number of hydrogen-bond donors (Lipinski definition) is 2. The predicted molar refractivity (Wildman–Crippen MR) is 114 cm³/mol. The zero-order chi connectivity index (χ0) is 20.6. The second-order valence-corrected chi connectivity index (χ2v) is 7.26. The molecule has 2 N–H and O–H groups in total. The Hall–Kier alpha value is -2.86. The standard InChI is InChI=1S/C23H29N3O3/c1-3-26(16-23(28)25-20-12-6-7-14-21(20)29-2)15-22(27)24-19-13-8-10-17-9-4-5-11-18(17)19/h4-7,9,11-12,14,19H,3,8,10,13,15-16H2,1-2H3,(H,24,27)(H,25,28)/t19-/m0/s1. The fourth-order valence-electron chi connectivity index (χ4n) is 3.77. The highest BCUT2D eigenvalue weighted by Crippen LogP contribution is 2.29. The Labute approximate surface area is 172 Å². The highest BCUT2D eigenvalue weighted by atomic mass is 16.5. The highest BCUT2D eigenvalue weighted by molar-refractivity contribution is 5.94. The second kappa shape index (κ2) is 10.1. The van der Waals surface area contributed by atoms with Crippen molar-refractivity contribution in [2.75, 3.05) is 32.1 Å². The van der Waals surface area contributed by atoms with E-state index in [9.17, 15) is 9.59 Å². The van der Waals surface area contributed by atoms with E-state index in [-0.39, 0.29) is 30.9 Å². The van der Waals surface area contributed by atoms with Crippen LogP contribution in [0.1, 0.15) is 36.9 Å². The SMILES string of the molecule is CCN(CC(=O)Nc1ccccc1OC)CC(=O)N[C@H]1CCCc2ccccc21. The highest BCUT2D eigenvalue weighted by Gasteiger charge is 2.22. The molecule has 6 heteroatoms. The molecule has 0 unspecified atom stereocenters. The zero-order valence-corrected chi connectivity index (χ0v) is 17.1. The number of nitrogens with one attached hydrogen (secondary N) is 2. The largest absolute Gasteiger partial charge is 0.495 e. The number of ether oxygens (including phenoxy) is 1. The van der Waals surface area contributed by atoms with Crippen LogP contribution in [0.25, 0.3) is 0 Å². The molecule has 6 nitrogen and oxygen atoms in total. The van der Waals surface area contributed by atoms with E-state index >= 15 is 0 Å². The molecule has 0 heterocycles. The molecule has 0 bridgehead atoms. The molecule has 2 aromatic rings. The van der Waals surface area contributed by atoms with Crippen LogP contribution in [0, 0.1) is 0 Å². The molecule has 2 aromatic carbocycles. The summed E-state index contributed by atoms with van der Waals surface area (Å²) in [4.78, 5) is 26.9. The van der Waals surface area contributed by atoms with Crippen LogP contribution in [0.5, 0.6) is 5.75 Å². The van der Waals surface area contributed by atoms with Crippen LogP contribution in [0.3, 0.4) is 0 Å². The van der Waals surface area contributed by atoms with Crippen molar-refractivity contribution in [3.63, 3.8) is 0 Å². The number of methoxy groups -OCH3 is 1. The Kier molecular flexibility index (Phi) is 7.25. The van der Waals surface area contributed by atoms with Crippen LogP contribution in [0.4, 0.5) is 5.69 Å². The third-order valence-electron chi connectivity index (χ3n) is 5.27. The number of carbonyl (C=O) groups excluding carboxylic acids is 2. The summed E-state index contributed by atoms with van der Waals surface area (Å²) in [6.07, 6.45) is 3.08. The lowest BCUT2D eigenvalue weighted by atomic mass is 9.88. The van der Waals surface area contributed by atoms with E-state index in [1.165, 1.54) is 11.1 Å². The van der Waals surface area contributed by atoms with Gasteiger partial charge in [-0.3, -0.25) is 14.5 Å². The second-order valence-electron chi connectivity index (χ2n) is 7.26. The first-order chi connectivity index (χ1) is 14.1. The molecule has 1 aliphatic rings. The first-order valence-corrected chi connectivity index (χ1v) is 10.1. The Morgan fingerprint density at radius 1 is 1.07 bits per heavy atom. The lowest BCUT2D eigenvalue weighted by Gasteiger charge is -2.27. The van der Waals surface area contributed by atoms with Crippen molar-refractivity contribution in [1.82, 2.24) is 10.2 Å². The van der Waals surface area contributed by atoms with Gasteiger partial charge < -0.3 is 15.4 Å². The minimum atomic E-state index is -0.174. The first-order valence-electron chi connectivity index (χ1n) is 10.1. The van der Waals surface area contributed by atoms with Gasteiger partial charge >= 0.3 is 0 Å². The molecule has 0 aliphatic heterocycles. The Bertz CT molecular complexity index is 853. The average Bonchev–Trinajstić information content (AvgIpc) is 2.74. The topological polar surface area (TPSA) is 70.7 Å². The summed E-state index contributed by atoms with van der Waals surface area (Å²) in [5.41, 5.74) is 3.15. The number of benzene rings is 2. The van der Waals surface area contributed by atoms with Crippen LogP contribution >= 0.6 is 0 Å². The smallest absolute Gasteiger partial charge is 0.238 e. The van der Waals surface area contributed by atoms with Crippen LogP contribution in [0.2, 0.25) is 0 Å². The van der Waals surface area contributed by atoms with E-state index < -0.39 is 0 Å². The summed E-state index contributed by atoms with van der Waals surface area (Å²) in [5, 5.41) is 6.01. The van der Waals surface area contributed by atoms with Crippen molar-refractivity contribution in [1.29, 1.82) is 0 Å². The summed E-state index contributed by atoms with van der Waals surface area (Å²) in [6.45, 7) is 2.88. The van der Waals surface area contributed by atoms with Crippen molar-refractivity contribution in [3.8, 4) is 5.75 Å². The van der Waals surface area contributed by atoms with Gasteiger partial charge in [-0.25, -0.2) is 0 Å². The van der Waals surface area contributed by atoms with Crippen molar-refractivity contribution in [2.24, 2.45) is 0 Å². The summed E-state index contributed by atoms with van der Waals surface area (Å²) >= 11 is 0. The first kappa shape index (κ1) is 20.9. The number of likely N-dealkylation sites (N-methyl/N-ethyl adjacent to an activating group) is 1. The Morgan fingerprint density at radius 2 is 1.79 bits per heavy atom. The fraction of sp³-hybridized carbons (Fsp3) is 0.391. The number of aryl methyl sites for hydroxylation is 1. The lowest BCUT2D eigenvalue weighted by Crippen LogP contribution is -2.42.